The second kappa shape index (κ2) is 7.82. The van der Waals surface area contributed by atoms with E-state index in [0.29, 0.717) is 30.4 Å². The molecule has 4 heteroatoms. The monoisotopic (exact) mass is 252 g/mol. The van der Waals surface area contributed by atoms with Crippen molar-refractivity contribution in [2.45, 2.75) is 19.8 Å². The van der Waals surface area contributed by atoms with E-state index in [9.17, 15) is 0 Å². The van der Waals surface area contributed by atoms with Crippen molar-refractivity contribution < 1.29 is 9.47 Å². The SMILES string of the molecule is CCCOc1cccc(OCCCN(C)C)c1N. The number of hydrogen-bond donors (Lipinski definition) is 1. The molecule has 1 rings (SSSR count). The van der Waals surface area contributed by atoms with E-state index in [1.54, 1.807) is 0 Å². The lowest BCUT2D eigenvalue weighted by Gasteiger charge is -2.14. The van der Waals surface area contributed by atoms with Crippen molar-refractivity contribution >= 4 is 5.69 Å². The minimum absolute atomic E-state index is 0.593. The number of rotatable bonds is 8. The van der Waals surface area contributed by atoms with Crippen molar-refractivity contribution in [2.75, 3.05) is 39.6 Å². The van der Waals surface area contributed by atoms with Crippen molar-refractivity contribution in [1.82, 2.24) is 4.90 Å². The van der Waals surface area contributed by atoms with Crippen LogP contribution in [0.4, 0.5) is 5.69 Å². The first-order valence-corrected chi connectivity index (χ1v) is 6.44. The highest BCUT2D eigenvalue weighted by Crippen LogP contribution is 2.31. The molecule has 0 amide bonds. The zero-order valence-electron chi connectivity index (χ0n) is 11.6. The first-order chi connectivity index (χ1) is 8.65. The van der Waals surface area contributed by atoms with Crippen molar-refractivity contribution in [3.05, 3.63) is 18.2 Å². The van der Waals surface area contributed by atoms with E-state index >= 15 is 0 Å². The fourth-order valence-electron chi connectivity index (χ4n) is 1.55. The second-order valence-corrected chi connectivity index (χ2v) is 4.52. The van der Waals surface area contributed by atoms with Crippen LogP contribution in [0.5, 0.6) is 11.5 Å². The number of benzene rings is 1. The first kappa shape index (κ1) is 14.6. The van der Waals surface area contributed by atoms with Crippen LogP contribution in [0.25, 0.3) is 0 Å². The summed E-state index contributed by atoms with van der Waals surface area (Å²) in [5, 5.41) is 0. The van der Waals surface area contributed by atoms with Gasteiger partial charge in [-0.2, -0.15) is 0 Å². The zero-order chi connectivity index (χ0) is 13.4. The highest BCUT2D eigenvalue weighted by atomic mass is 16.5. The minimum Gasteiger partial charge on any atom is -0.491 e. The van der Waals surface area contributed by atoms with Crippen molar-refractivity contribution in [2.24, 2.45) is 0 Å². The molecule has 4 nitrogen and oxygen atoms in total. The van der Waals surface area contributed by atoms with Crippen LogP contribution in [0.15, 0.2) is 18.2 Å². The summed E-state index contributed by atoms with van der Waals surface area (Å²) < 4.78 is 11.2. The highest BCUT2D eigenvalue weighted by Gasteiger charge is 2.06. The van der Waals surface area contributed by atoms with Crippen LogP contribution < -0.4 is 15.2 Å². The maximum Gasteiger partial charge on any atom is 0.146 e. The summed E-state index contributed by atoms with van der Waals surface area (Å²) >= 11 is 0. The van der Waals surface area contributed by atoms with Crippen LogP contribution in [0, 0.1) is 0 Å². The summed E-state index contributed by atoms with van der Waals surface area (Å²) in [6.45, 7) is 4.41. The van der Waals surface area contributed by atoms with Gasteiger partial charge in [0, 0.05) is 6.54 Å². The quantitative estimate of drug-likeness (QED) is 0.570. The average molecular weight is 252 g/mol. The Kier molecular flexibility index (Phi) is 6.36. The molecule has 0 radical (unpaired) electrons. The van der Waals surface area contributed by atoms with E-state index < -0.39 is 0 Å². The van der Waals surface area contributed by atoms with Crippen LogP contribution in [-0.2, 0) is 0 Å². The standard InChI is InChI=1S/C14H24N2O2/c1-4-10-17-12-7-5-8-13(14(12)15)18-11-6-9-16(2)3/h5,7-8H,4,6,9-11,15H2,1-3H3. The topological polar surface area (TPSA) is 47.7 Å². The molecule has 0 spiro atoms. The fourth-order valence-corrected chi connectivity index (χ4v) is 1.55. The molecular weight excluding hydrogens is 228 g/mol. The van der Waals surface area contributed by atoms with Gasteiger partial charge in [0.05, 0.1) is 13.2 Å². The molecule has 0 unspecified atom stereocenters. The molecule has 0 atom stereocenters. The smallest absolute Gasteiger partial charge is 0.146 e. The lowest BCUT2D eigenvalue weighted by atomic mass is 10.2. The van der Waals surface area contributed by atoms with Crippen LogP contribution in [0.1, 0.15) is 19.8 Å². The molecule has 0 bridgehead atoms. The molecule has 102 valence electrons. The van der Waals surface area contributed by atoms with E-state index in [1.807, 2.05) is 32.3 Å². The molecule has 1 aromatic rings. The molecule has 2 N–H and O–H groups in total. The third-order valence-corrected chi connectivity index (χ3v) is 2.50. The van der Waals surface area contributed by atoms with Gasteiger partial charge in [0.1, 0.15) is 17.2 Å². The van der Waals surface area contributed by atoms with Gasteiger partial charge in [-0.25, -0.2) is 0 Å². The summed E-state index contributed by atoms with van der Waals surface area (Å²) in [6.07, 6.45) is 1.94. The molecule has 0 saturated heterocycles. The summed E-state index contributed by atoms with van der Waals surface area (Å²) in [6, 6.07) is 5.66. The largest absolute Gasteiger partial charge is 0.491 e. The van der Waals surface area contributed by atoms with Crippen LogP contribution in [0.3, 0.4) is 0 Å². The van der Waals surface area contributed by atoms with Crippen molar-refractivity contribution in [1.29, 1.82) is 0 Å². The summed E-state index contributed by atoms with van der Waals surface area (Å²) in [5.41, 5.74) is 6.60. The zero-order valence-corrected chi connectivity index (χ0v) is 11.6. The Labute approximate surface area is 110 Å². The summed E-state index contributed by atoms with van der Waals surface area (Å²) in [4.78, 5) is 2.13. The molecule has 0 aromatic heterocycles. The lowest BCUT2D eigenvalue weighted by Crippen LogP contribution is -2.15. The van der Waals surface area contributed by atoms with Crippen LogP contribution in [-0.4, -0.2) is 38.8 Å². The second-order valence-electron chi connectivity index (χ2n) is 4.52. The van der Waals surface area contributed by atoms with Crippen molar-refractivity contribution in [3.8, 4) is 11.5 Å². The number of ether oxygens (including phenoxy) is 2. The number of nitrogens with zero attached hydrogens (tertiary/aromatic N) is 1. The Morgan fingerprint density at radius 3 is 2.28 bits per heavy atom. The van der Waals surface area contributed by atoms with Gasteiger partial charge in [-0.15, -0.1) is 0 Å². The Morgan fingerprint density at radius 2 is 1.72 bits per heavy atom. The predicted molar refractivity (Wildman–Crippen MR) is 75.3 cm³/mol. The predicted octanol–water partition coefficient (Wildman–Crippen LogP) is 2.39. The van der Waals surface area contributed by atoms with Gasteiger partial charge in [-0.3, -0.25) is 0 Å². The lowest BCUT2D eigenvalue weighted by molar-refractivity contribution is 0.279. The minimum atomic E-state index is 0.593. The molecule has 0 aliphatic heterocycles. The average Bonchev–Trinajstić information content (AvgIpc) is 2.34. The third-order valence-electron chi connectivity index (χ3n) is 2.50. The van der Waals surface area contributed by atoms with Gasteiger partial charge in [0.2, 0.25) is 0 Å². The van der Waals surface area contributed by atoms with Crippen LogP contribution in [0.2, 0.25) is 0 Å². The van der Waals surface area contributed by atoms with Gasteiger partial charge in [-0.1, -0.05) is 13.0 Å². The molecular formula is C14H24N2O2. The molecule has 1 aromatic carbocycles. The van der Waals surface area contributed by atoms with Crippen LogP contribution >= 0.6 is 0 Å². The van der Waals surface area contributed by atoms with Gasteiger partial charge >= 0.3 is 0 Å². The number of para-hydroxylation sites is 1. The first-order valence-electron chi connectivity index (χ1n) is 6.44. The molecule has 0 saturated carbocycles. The van der Waals surface area contributed by atoms with E-state index in [2.05, 4.69) is 11.8 Å². The Balaban J connectivity index is 2.49. The van der Waals surface area contributed by atoms with E-state index in [1.165, 1.54) is 0 Å². The van der Waals surface area contributed by atoms with E-state index in [0.717, 1.165) is 19.4 Å². The normalized spacial score (nSPS) is 10.7. The van der Waals surface area contributed by atoms with E-state index in [-0.39, 0.29) is 0 Å². The van der Waals surface area contributed by atoms with Gasteiger partial charge in [-0.05, 0) is 39.1 Å². The Bertz CT molecular complexity index is 354. The molecule has 0 aliphatic carbocycles. The fraction of sp³-hybridized carbons (Fsp3) is 0.571. The van der Waals surface area contributed by atoms with Gasteiger partial charge in [0.25, 0.3) is 0 Å². The Morgan fingerprint density at radius 1 is 1.11 bits per heavy atom. The summed E-state index contributed by atoms with van der Waals surface area (Å²) in [5.74, 6) is 1.42. The summed E-state index contributed by atoms with van der Waals surface area (Å²) in [7, 11) is 4.10. The third kappa shape index (κ3) is 4.84. The number of nitrogens with two attached hydrogens (primary N) is 1. The molecule has 0 aliphatic rings. The maximum absolute atomic E-state index is 6.01. The Hall–Kier alpha value is -1.42. The molecule has 0 fully saturated rings. The highest BCUT2D eigenvalue weighted by molar-refractivity contribution is 5.62. The molecule has 18 heavy (non-hydrogen) atoms. The molecule has 0 heterocycles. The maximum atomic E-state index is 6.01. The van der Waals surface area contributed by atoms with Gasteiger partial charge in [0.15, 0.2) is 0 Å². The van der Waals surface area contributed by atoms with Gasteiger partial charge < -0.3 is 20.1 Å². The number of anilines is 1. The van der Waals surface area contributed by atoms with Crippen molar-refractivity contribution in [3.63, 3.8) is 0 Å². The number of hydrogen-bond acceptors (Lipinski definition) is 4. The van der Waals surface area contributed by atoms with E-state index in [4.69, 9.17) is 15.2 Å². The number of nitrogen functional groups attached to an aromatic ring is 1.